The lowest BCUT2D eigenvalue weighted by Crippen LogP contribution is -2.37. The van der Waals surface area contributed by atoms with Crippen LogP contribution < -0.4 is 5.73 Å². The summed E-state index contributed by atoms with van der Waals surface area (Å²) in [5.74, 6) is 0. The van der Waals surface area contributed by atoms with Gasteiger partial charge in [-0.1, -0.05) is 0 Å². The fourth-order valence-electron chi connectivity index (χ4n) is 0.805. The first-order chi connectivity index (χ1) is 6.40. The van der Waals surface area contributed by atoms with E-state index < -0.39 is 11.7 Å². The molecule has 0 aliphatic rings. The van der Waals surface area contributed by atoms with E-state index in [1.807, 2.05) is 20.8 Å². The Morgan fingerprint density at radius 2 is 2.00 bits per heavy atom. The molecular weight excluding hydrogens is 184 g/mol. The van der Waals surface area contributed by atoms with E-state index in [4.69, 9.17) is 15.3 Å². The van der Waals surface area contributed by atoms with E-state index in [0.29, 0.717) is 19.5 Å². The van der Waals surface area contributed by atoms with Gasteiger partial charge in [0.05, 0.1) is 13.7 Å². The minimum absolute atomic E-state index is 0.446. The van der Waals surface area contributed by atoms with Crippen LogP contribution in [0.15, 0.2) is 0 Å². The summed E-state index contributed by atoms with van der Waals surface area (Å²) in [7, 11) is 1.43. The van der Waals surface area contributed by atoms with Crippen molar-refractivity contribution in [3.63, 3.8) is 0 Å². The highest BCUT2D eigenvalue weighted by atomic mass is 16.7. The van der Waals surface area contributed by atoms with Crippen LogP contribution in [0.25, 0.3) is 0 Å². The van der Waals surface area contributed by atoms with Crippen LogP contribution in [-0.2, 0) is 9.57 Å². The van der Waals surface area contributed by atoms with Crippen molar-refractivity contribution in [1.82, 2.24) is 5.06 Å². The molecule has 0 bridgehead atoms. The number of nitrogens with zero attached hydrogens (tertiary/aromatic N) is 1. The van der Waals surface area contributed by atoms with Gasteiger partial charge in [-0.3, -0.25) is 4.84 Å². The largest absolute Gasteiger partial charge is 0.442 e. The van der Waals surface area contributed by atoms with E-state index in [1.54, 1.807) is 0 Å². The molecule has 0 saturated carbocycles. The van der Waals surface area contributed by atoms with Gasteiger partial charge in [0, 0.05) is 0 Å². The second-order valence-corrected chi connectivity index (χ2v) is 3.91. The van der Waals surface area contributed by atoms with Gasteiger partial charge in [0.15, 0.2) is 0 Å². The molecule has 0 aromatic carbocycles. The summed E-state index contributed by atoms with van der Waals surface area (Å²) in [4.78, 5) is 16.3. The molecule has 5 nitrogen and oxygen atoms in total. The number of hydrogen-bond acceptors (Lipinski definition) is 4. The Morgan fingerprint density at radius 3 is 2.36 bits per heavy atom. The summed E-state index contributed by atoms with van der Waals surface area (Å²) >= 11 is 0. The normalized spacial score (nSPS) is 11.2. The van der Waals surface area contributed by atoms with E-state index in [1.165, 1.54) is 7.11 Å². The number of amides is 1. The molecular formula is C9H20N2O3. The highest BCUT2D eigenvalue weighted by molar-refractivity contribution is 5.66. The maximum absolute atomic E-state index is 11.4. The number of carbonyl (C=O) groups is 1. The van der Waals surface area contributed by atoms with Crippen molar-refractivity contribution in [3.8, 4) is 0 Å². The third kappa shape index (κ3) is 5.77. The minimum Gasteiger partial charge on any atom is -0.442 e. The number of ether oxygens (including phenoxy) is 1. The third-order valence-electron chi connectivity index (χ3n) is 1.38. The highest BCUT2D eigenvalue weighted by Gasteiger charge is 2.21. The fourth-order valence-corrected chi connectivity index (χ4v) is 0.805. The molecule has 0 aliphatic heterocycles. The molecule has 0 saturated heterocycles. The van der Waals surface area contributed by atoms with Gasteiger partial charge in [-0.2, -0.15) is 5.06 Å². The summed E-state index contributed by atoms with van der Waals surface area (Å²) in [6.07, 6.45) is 0.209. The van der Waals surface area contributed by atoms with Gasteiger partial charge < -0.3 is 10.5 Å². The fraction of sp³-hybridized carbons (Fsp3) is 0.889. The molecule has 0 aliphatic carbocycles. The molecule has 0 rings (SSSR count). The lowest BCUT2D eigenvalue weighted by Gasteiger charge is -2.25. The third-order valence-corrected chi connectivity index (χ3v) is 1.38. The summed E-state index contributed by atoms with van der Waals surface area (Å²) in [6.45, 7) is 6.38. The van der Waals surface area contributed by atoms with Crippen molar-refractivity contribution in [2.75, 3.05) is 20.2 Å². The Kier molecular flexibility index (Phi) is 5.49. The number of hydrogen-bond donors (Lipinski definition) is 1. The molecule has 0 radical (unpaired) electrons. The quantitative estimate of drug-likeness (QED) is 0.697. The van der Waals surface area contributed by atoms with Crippen LogP contribution in [0, 0.1) is 0 Å². The van der Waals surface area contributed by atoms with E-state index in [0.717, 1.165) is 5.06 Å². The van der Waals surface area contributed by atoms with Crippen molar-refractivity contribution < 1.29 is 14.4 Å². The number of rotatable bonds is 4. The summed E-state index contributed by atoms with van der Waals surface area (Å²) in [5.41, 5.74) is 4.82. The van der Waals surface area contributed by atoms with Crippen LogP contribution in [0.3, 0.4) is 0 Å². The first-order valence-electron chi connectivity index (χ1n) is 4.65. The van der Waals surface area contributed by atoms with Crippen molar-refractivity contribution in [2.24, 2.45) is 5.73 Å². The molecule has 0 unspecified atom stereocenters. The first-order valence-corrected chi connectivity index (χ1v) is 4.65. The maximum atomic E-state index is 11.4. The Balaban J connectivity index is 4.04. The smallest absolute Gasteiger partial charge is 0.434 e. The van der Waals surface area contributed by atoms with Crippen LogP contribution in [-0.4, -0.2) is 37.0 Å². The molecule has 14 heavy (non-hydrogen) atoms. The molecule has 0 aromatic rings. The predicted octanol–water partition coefficient (Wildman–Crippen LogP) is 1.13. The van der Waals surface area contributed by atoms with Gasteiger partial charge in [0.1, 0.15) is 5.60 Å². The molecule has 0 fully saturated rings. The topological polar surface area (TPSA) is 64.8 Å². The maximum Gasteiger partial charge on any atom is 0.434 e. The lowest BCUT2D eigenvalue weighted by atomic mass is 10.2. The van der Waals surface area contributed by atoms with E-state index in [2.05, 4.69) is 0 Å². The molecule has 84 valence electrons. The summed E-state index contributed by atoms with van der Waals surface area (Å²) in [5, 5.41) is 1.16. The van der Waals surface area contributed by atoms with Crippen LogP contribution in [0.2, 0.25) is 0 Å². The number of nitrogens with two attached hydrogens (primary N) is 1. The van der Waals surface area contributed by atoms with Crippen molar-refractivity contribution in [1.29, 1.82) is 0 Å². The van der Waals surface area contributed by atoms with Crippen LogP contribution in [0.5, 0.6) is 0 Å². The standard InChI is InChI=1S/C9H20N2O3/c1-9(2,3)14-8(12)11(13-4)7-5-6-10/h5-7,10H2,1-4H3. The van der Waals surface area contributed by atoms with Gasteiger partial charge in [0.2, 0.25) is 0 Å². The Bertz CT molecular complexity index is 177. The minimum atomic E-state index is -0.503. The number of hydroxylamine groups is 2. The Morgan fingerprint density at radius 1 is 1.43 bits per heavy atom. The zero-order valence-electron chi connectivity index (χ0n) is 9.37. The van der Waals surface area contributed by atoms with Crippen LogP contribution in [0.4, 0.5) is 4.79 Å². The molecule has 0 spiro atoms. The molecule has 0 atom stereocenters. The van der Waals surface area contributed by atoms with Gasteiger partial charge in [-0.15, -0.1) is 0 Å². The Hall–Kier alpha value is -0.810. The number of carbonyl (C=O) groups excluding carboxylic acids is 1. The predicted molar refractivity (Wildman–Crippen MR) is 53.6 cm³/mol. The van der Waals surface area contributed by atoms with E-state index >= 15 is 0 Å². The molecule has 0 heterocycles. The van der Waals surface area contributed by atoms with Gasteiger partial charge in [-0.05, 0) is 33.7 Å². The molecule has 2 N–H and O–H groups in total. The van der Waals surface area contributed by atoms with Crippen LogP contribution in [0.1, 0.15) is 27.2 Å². The second-order valence-electron chi connectivity index (χ2n) is 3.91. The average molecular weight is 204 g/mol. The first kappa shape index (κ1) is 13.2. The van der Waals surface area contributed by atoms with Crippen molar-refractivity contribution in [3.05, 3.63) is 0 Å². The summed E-state index contributed by atoms with van der Waals surface area (Å²) < 4.78 is 5.11. The van der Waals surface area contributed by atoms with Crippen molar-refractivity contribution >= 4 is 6.09 Å². The van der Waals surface area contributed by atoms with E-state index in [-0.39, 0.29) is 0 Å². The zero-order chi connectivity index (χ0) is 11.2. The molecule has 1 amide bonds. The molecule has 5 heteroatoms. The average Bonchev–Trinajstić information content (AvgIpc) is 2.02. The summed E-state index contributed by atoms with van der Waals surface area (Å²) in [6, 6.07) is 0. The van der Waals surface area contributed by atoms with Gasteiger partial charge in [0.25, 0.3) is 0 Å². The van der Waals surface area contributed by atoms with Crippen LogP contribution >= 0.6 is 0 Å². The SMILES string of the molecule is CON(CCCN)C(=O)OC(C)(C)C. The monoisotopic (exact) mass is 204 g/mol. The van der Waals surface area contributed by atoms with Crippen molar-refractivity contribution in [2.45, 2.75) is 32.8 Å². The van der Waals surface area contributed by atoms with E-state index in [9.17, 15) is 4.79 Å². The Labute approximate surface area is 85.1 Å². The molecule has 0 aromatic heterocycles. The lowest BCUT2D eigenvalue weighted by molar-refractivity contribution is -0.123. The van der Waals surface area contributed by atoms with Gasteiger partial charge in [-0.25, -0.2) is 4.79 Å². The van der Waals surface area contributed by atoms with Gasteiger partial charge >= 0.3 is 6.09 Å². The zero-order valence-corrected chi connectivity index (χ0v) is 9.37. The highest BCUT2D eigenvalue weighted by Crippen LogP contribution is 2.09. The second kappa shape index (κ2) is 5.82.